The van der Waals surface area contributed by atoms with Crippen molar-refractivity contribution in [2.75, 3.05) is 0 Å². The molecule has 0 bridgehead atoms. The predicted octanol–water partition coefficient (Wildman–Crippen LogP) is 17.1. The van der Waals surface area contributed by atoms with Crippen LogP contribution in [0.3, 0.4) is 0 Å². The molecule has 20 aromatic carbocycles. The van der Waals surface area contributed by atoms with Crippen LogP contribution in [0, 0.1) is 0 Å². The van der Waals surface area contributed by atoms with Crippen molar-refractivity contribution in [1.82, 2.24) is 0 Å². The van der Waals surface area contributed by atoms with Crippen LogP contribution in [0.25, 0.3) is 0 Å². The van der Waals surface area contributed by atoms with Gasteiger partial charge in [-0.3, -0.25) is 0 Å². The number of hydrogen-bond acceptors (Lipinski definition) is 0. The molecular weight excluding hydrogens is 1810 g/mol. The summed E-state index contributed by atoms with van der Waals surface area (Å²) in [6.07, 6.45) is 0. The van der Waals surface area contributed by atoms with Crippen LogP contribution in [0.5, 0.6) is 0 Å². The van der Waals surface area contributed by atoms with Crippen LogP contribution < -0.4 is 142 Å². The Morgan fingerprint density at radius 2 is 0.163 bits per heavy atom. The molecule has 0 atom stereocenters. The van der Waals surface area contributed by atoms with Crippen LogP contribution in [0.1, 0.15) is 0 Å². The van der Waals surface area contributed by atoms with Crippen LogP contribution in [0.4, 0.5) is 0 Å². The van der Waals surface area contributed by atoms with Gasteiger partial charge in [0.2, 0.25) is 0 Å². The third-order valence-electron chi connectivity index (χ3n) is 23.6. The Balaban J connectivity index is 1.08. The average molecular weight is 1900 g/mol. The first-order valence-corrected chi connectivity index (χ1v) is 60.3. The van der Waals surface area contributed by atoms with E-state index in [9.17, 15) is 0 Å². The molecule has 0 radical (unpaired) electrons. The fraction of sp³-hybridized carbons (Fsp3) is 0. The normalized spacial score (nSPS) is 11.7. The van der Waals surface area contributed by atoms with Crippen molar-refractivity contribution in [1.29, 1.82) is 0 Å². The van der Waals surface area contributed by atoms with E-state index in [0.29, 0.717) is 0 Å². The second-order valence-electron chi connectivity index (χ2n) is 31.8. The van der Waals surface area contributed by atoms with Crippen LogP contribution >= 0.6 is 63.4 Å². The average Bonchev–Trinajstić information content (AvgIpc) is 0.703. The summed E-state index contributed by atoms with van der Waals surface area (Å²) in [5.41, 5.74) is 0. The van der Waals surface area contributed by atoms with Gasteiger partial charge in [-0.15, -0.1) is 0 Å². The minimum atomic E-state index is -6.06. The molecule has 0 amide bonds. The second kappa shape index (κ2) is 41.2. The van der Waals surface area contributed by atoms with Gasteiger partial charge >= 0.3 is 781 Å². The molecule has 0 aromatic heterocycles. The van der Waals surface area contributed by atoms with Crippen molar-refractivity contribution in [3.05, 3.63) is 558 Å². The quantitative estimate of drug-likeness (QED) is 0.0339. The van der Waals surface area contributed by atoms with Gasteiger partial charge < -0.3 is 0 Å². The van der Waals surface area contributed by atoms with E-state index >= 15 is 0 Å². The Hall–Kier alpha value is -11.4. The molecule has 0 heterocycles. The van der Waals surface area contributed by atoms with Gasteiger partial charge in [0.1, 0.15) is 0 Å². The van der Waals surface area contributed by atoms with E-state index in [0.717, 1.165) is 0 Å². The third kappa shape index (κ3) is 18.9. The fourth-order valence-corrected chi connectivity index (χ4v) is 54.4. The first-order chi connectivity index (χ1) is 64.0. The van der Waals surface area contributed by atoms with Gasteiger partial charge in [-0.1, -0.05) is 0 Å². The van der Waals surface area contributed by atoms with Gasteiger partial charge in [0.15, 0.2) is 0 Å². The summed E-state index contributed by atoms with van der Waals surface area (Å²) in [6, 6.07) is 219. The summed E-state index contributed by atoms with van der Waals surface area (Å²) < 4.78 is 5.60. The van der Waals surface area contributed by atoms with E-state index in [1.807, 2.05) is 0 Å². The Morgan fingerprint density at radius 1 is 0.0853 bits per heavy atom. The molecule has 0 spiro atoms. The van der Waals surface area contributed by atoms with Gasteiger partial charge in [0.25, 0.3) is 0 Å². The Bertz CT molecular complexity index is 5440. The van der Waals surface area contributed by atoms with E-state index in [4.69, 9.17) is 0 Å². The number of benzene rings is 20. The van der Waals surface area contributed by atoms with Crippen molar-refractivity contribution in [2.24, 2.45) is 0 Å². The monoisotopic (exact) mass is 1900 g/mol. The van der Waals surface area contributed by atoms with E-state index in [2.05, 4.69) is 558 Å². The molecule has 0 aliphatic rings. The third-order valence-corrected chi connectivity index (χ3v) is 56.1. The van der Waals surface area contributed by atoms with E-state index in [-0.39, 0.29) is 0 Å². The zero-order valence-electron chi connectivity index (χ0n) is 71.2. The molecule has 0 saturated carbocycles. The molecule has 0 aliphatic heterocycles. The Morgan fingerprint density at radius 3 is 0.240 bits per heavy atom. The van der Waals surface area contributed by atoms with Crippen LogP contribution in [0.2, 0.25) is 0 Å². The van der Waals surface area contributed by atoms with Gasteiger partial charge in [0.05, 0.1) is 0 Å². The molecule has 0 aliphatic carbocycles. The molecule has 129 heavy (non-hydrogen) atoms. The summed E-state index contributed by atoms with van der Waals surface area (Å²) in [5.74, 6) is 0. The zero-order valence-corrected chi connectivity index (χ0v) is 81.2. The summed E-state index contributed by atoms with van der Waals surface area (Å²) in [7, 11) is -10.4. The van der Waals surface area contributed by atoms with Crippen molar-refractivity contribution < 1.29 is 0 Å². The maximum atomic E-state index is 2.86. The minimum absolute atomic E-state index is 1.29. The summed E-state index contributed by atoms with van der Waals surface area (Å²) in [6.45, 7) is 0. The van der Waals surface area contributed by atoms with Gasteiger partial charge in [-0.05, 0) is 0 Å². The molecule has 0 unspecified atom stereocenters. The second-order valence-corrected chi connectivity index (χ2v) is 60.4. The number of hydrogen-bond donors (Lipinski definition) is 0. The topological polar surface area (TPSA) is 0 Å². The first kappa shape index (κ1) is 85.7. The maximum absolute atomic E-state index is 6.06. The first-order valence-electron chi connectivity index (χ1n) is 43.9. The van der Waals surface area contributed by atoms with Crippen molar-refractivity contribution in [3.63, 3.8) is 0 Å². The number of rotatable bonds is 28. The van der Waals surface area contributed by atoms with Gasteiger partial charge in [-0.2, -0.15) is 0 Å². The van der Waals surface area contributed by atoms with Crippen molar-refractivity contribution in [3.8, 4) is 0 Å². The molecule has 616 valence electrons. The van der Waals surface area contributed by atoms with Crippen LogP contribution in [0.15, 0.2) is 558 Å². The van der Waals surface area contributed by atoms with Gasteiger partial charge in [0, 0.05) is 0 Å². The molecule has 9 heteroatoms. The Labute approximate surface area is 774 Å². The van der Waals surface area contributed by atoms with E-state index in [1.165, 1.54) is 142 Å². The van der Waals surface area contributed by atoms with Crippen LogP contribution in [-0.2, 0) is 0 Å². The summed E-state index contributed by atoms with van der Waals surface area (Å²) >= 11 is -6.06. The van der Waals surface area contributed by atoms with Crippen molar-refractivity contribution >= 4 is 223 Å². The van der Waals surface area contributed by atoms with Gasteiger partial charge in [-0.25, -0.2) is 0 Å². The fourth-order valence-electron chi connectivity index (χ4n) is 18.1. The van der Waals surface area contributed by atoms with Crippen LogP contribution in [-0.4, -0.2) is 18.4 Å². The predicted molar refractivity (Wildman–Crippen MR) is 580 cm³/mol. The zero-order chi connectivity index (χ0) is 86.3. The van der Waals surface area contributed by atoms with Crippen molar-refractivity contribution in [2.45, 2.75) is 0 Å². The standard InChI is InChI=1S/4C30H23P2.Sn/c4*1-5-14-25(15-6-1)31(26-16-7-2-8-17-26)29-22-13-23-30(24-29)32(27-18-9-3-10-19-27)28-20-11-4-12-21-28;/h4*1-12,14-24H;. The summed E-state index contributed by atoms with van der Waals surface area (Å²) in [4.78, 5) is 0. The molecule has 20 rings (SSSR count). The molecule has 20 aromatic rings. The summed E-state index contributed by atoms with van der Waals surface area (Å²) in [5, 5.41) is 31.4. The molecule has 0 N–H and O–H groups in total. The van der Waals surface area contributed by atoms with E-state index in [1.54, 1.807) is 0 Å². The SMILES string of the molecule is c1ccc(P(c2ccccc2)c2cc(P(c3ccccc3)c3ccccc3)c[c]([Sn]([c]3cc(P(c4ccccc4)c4ccccc4)cc(P(c4ccccc4)c4ccccc4)c3)([c]3cc(P(c4ccccc4)c4ccccc4)cc(P(c4ccccc4)c4ccccc4)c3)[c]3cc(P(c4ccccc4)c4ccccc4)cc(P(c4ccccc4)c4ccccc4)c3)c2)cc1. The molecule has 0 fully saturated rings. The van der Waals surface area contributed by atoms with E-state index < -0.39 is 81.7 Å². The Kier molecular flexibility index (Phi) is 27.4. The molecule has 0 saturated heterocycles. The molecule has 0 nitrogen and oxygen atoms in total. The molecular formula is C120H92P8Sn.